The number of fused-ring (bicyclic) bond motifs is 2. The van der Waals surface area contributed by atoms with Crippen LogP contribution in [0.15, 0.2) is 85.0 Å². The van der Waals surface area contributed by atoms with Crippen molar-refractivity contribution in [3.05, 3.63) is 137 Å². The molecule has 2 aliphatic heterocycles. The van der Waals surface area contributed by atoms with Crippen molar-refractivity contribution in [3.63, 3.8) is 0 Å². The predicted molar refractivity (Wildman–Crippen MR) is 201 cm³/mol. The van der Waals surface area contributed by atoms with Gasteiger partial charge >= 0.3 is 0 Å². The molecular formula is C36H34Br2Cl2N2O2S2. The maximum atomic E-state index is 12.4. The smallest absolute Gasteiger partial charge is 0.246 e. The fraction of sp³-hybridized carbons (Fsp3) is 0.278. The van der Waals surface area contributed by atoms with Crippen molar-refractivity contribution >= 4 is 89.5 Å². The molecule has 0 N–H and O–H groups in total. The SMILES string of the molecule is Cc1ccccc1[C@@H]1CN(C(=O)/C=C/CBr)Cc2sc(Cl)cc21.Cc1ccccc1[C@H]1CN(C(=O)/C=C/CBr)Cc2sc(Cl)cc21. The Morgan fingerprint density at radius 2 is 1.11 bits per heavy atom. The topological polar surface area (TPSA) is 40.6 Å². The molecule has 2 amide bonds. The van der Waals surface area contributed by atoms with Crippen LogP contribution in [0.3, 0.4) is 0 Å². The van der Waals surface area contributed by atoms with Crippen LogP contribution in [-0.4, -0.2) is 45.4 Å². The number of alkyl halides is 2. The maximum absolute atomic E-state index is 12.4. The molecule has 46 heavy (non-hydrogen) atoms. The highest BCUT2D eigenvalue weighted by Crippen LogP contribution is 2.42. The Morgan fingerprint density at radius 1 is 0.717 bits per heavy atom. The summed E-state index contributed by atoms with van der Waals surface area (Å²) in [6.07, 6.45) is 6.96. The zero-order valence-electron chi connectivity index (χ0n) is 25.5. The van der Waals surface area contributed by atoms with Gasteiger partial charge in [0.05, 0.1) is 21.8 Å². The number of allylic oxidation sites excluding steroid dienone is 2. The standard InChI is InChI=1S/2C18H17BrClNOS/c2*1-12-5-2-3-6-13(12)15-10-21(18(22)7-4-8-19)11-16-14(15)9-17(20)23-16/h2*2-7,9,15H,8,10-11H2,1H3/b2*7-4+/t2*15-/m10/s1. The Hall–Kier alpha value is -2.20. The van der Waals surface area contributed by atoms with Gasteiger partial charge in [0.2, 0.25) is 11.8 Å². The van der Waals surface area contributed by atoms with Crippen LogP contribution in [0.2, 0.25) is 8.67 Å². The first-order chi connectivity index (χ1) is 22.2. The van der Waals surface area contributed by atoms with Gasteiger partial charge in [-0.05, 0) is 71.5 Å². The second kappa shape index (κ2) is 16.3. The van der Waals surface area contributed by atoms with E-state index in [1.807, 2.05) is 34.1 Å². The van der Waals surface area contributed by atoms with Gasteiger partial charge in [-0.3, -0.25) is 9.59 Å². The van der Waals surface area contributed by atoms with Crippen LogP contribution < -0.4 is 0 Å². The second-order valence-electron chi connectivity index (χ2n) is 11.2. The quantitative estimate of drug-likeness (QED) is 0.144. The molecule has 0 aliphatic carbocycles. The van der Waals surface area contributed by atoms with Gasteiger partial charge < -0.3 is 9.80 Å². The van der Waals surface area contributed by atoms with Gasteiger partial charge in [0.25, 0.3) is 0 Å². The van der Waals surface area contributed by atoms with Gasteiger partial charge in [0.15, 0.2) is 0 Å². The Bertz CT molecular complexity index is 1640. The summed E-state index contributed by atoms with van der Waals surface area (Å²) < 4.78 is 1.58. The van der Waals surface area contributed by atoms with Gasteiger partial charge in [-0.25, -0.2) is 0 Å². The number of thiophene rings is 2. The van der Waals surface area contributed by atoms with Crippen molar-refractivity contribution in [3.8, 4) is 0 Å². The van der Waals surface area contributed by atoms with E-state index in [1.165, 1.54) is 43.1 Å². The first-order valence-corrected chi connectivity index (χ1v) is 19.5. The van der Waals surface area contributed by atoms with E-state index in [9.17, 15) is 9.59 Å². The first-order valence-electron chi connectivity index (χ1n) is 14.9. The maximum Gasteiger partial charge on any atom is 0.246 e. The molecule has 4 heterocycles. The van der Waals surface area contributed by atoms with Crippen molar-refractivity contribution in [2.45, 2.75) is 38.8 Å². The molecule has 2 aromatic carbocycles. The Morgan fingerprint density at radius 3 is 1.48 bits per heavy atom. The van der Waals surface area contributed by atoms with Crippen molar-refractivity contribution in [1.82, 2.24) is 9.80 Å². The minimum Gasteiger partial charge on any atom is -0.333 e. The molecule has 4 nitrogen and oxygen atoms in total. The summed E-state index contributed by atoms with van der Waals surface area (Å²) in [7, 11) is 0. The summed E-state index contributed by atoms with van der Waals surface area (Å²) in [5, 5.41) is 1.37. The van der Waals surface area contributed by atoms with E-state index in [1.54, 1.807) is 34.8 Å². The van der Waals surface area contributed by atoms with Gasteiger partial charge in [-0.2, -0.15) is 0 Å². The van der Waals surface area contributed by atoms with Crippen LogP contribution in [-0.2, 0) is 22.7 Å². The fourth-order valence-electron chi connectivity index (χ4n) is 6.09. The second-order valence-corrected chi connectivity index (χ2v) is 16.1. The summed E-state index contributed by atoms with van der Waals surface area (Å²) in [5.41, 5.74) is 7.56. The number of carbonyl (C=O) groups excluding carboxylic acids is 2. The highest BCUT2D eigenvalue weighted by molar-refractivity contribution is 9.09. The molecule has 2 aromatic heterocycles. The van der Waals surface area contributed by atoms with Crippen LogP contribution in [0.4, 0.5) is 0 Å². The van der Waals surface area contributed by atoms with E-state index >= 15 is 0 Å². The van der Waals surface area contributed by atoms with Gasteiger partial charge in [-0.1, -0.05) is 116 Å². The number of aryl methyl sites for hydroxylation is 2. The monoisotopic (exact) mass is 818 g/mol. The normalized spacial score (nSPS) is 17.5. The van der Waals surface area contributed by atoms with E-state index in [4.69, 9.17) is 23.2 Å². The van der Waals surface area contributed by atoms with Crippen LogP contribution in [0.25, 0.3) is 0 Å². The number of hydrogen-bond acceptors (Lipinski definition) is 4. The molecule has 240 valence electrons. The van der Waals surface area contributed by atoms with Crippen molar-refractivity contribution in [2.24, 2.45) is 0 Å². The number of rotatable bonds is 6. The molecular weight excluding hydrogens is 787 g/mol. The lowest BCUT2D eigenvalue weighted by atomic mass is 9.86. The number of benzene rings is 2. The Kier molecular flexibility index (Phi) is 12.4. The number of halogens is 4. The van der Waals surface area contributed by atoms with Crippen molar-refractivity contribution < 1.29 is 9.59 Å². The summed E-state index contributed by atoms with van der Waals surface area (Å²) in [5.74, 6) is 0.478. The molecule has 0 bridgehead atoms. The van der Waals surface area contributed by atoms with Crippen LogP contribution in [0.1, 0.15) is 55.0 Å². The minimum atomic E-state index is 0.0539. The molecule has 0 fully saturated rings. The van der Waals surface area contributed by atoms with E-state index in [-0.39, 0.29) is 23.7 Å². The van der Waals surface area contributed by atoms with E-state index < -0.39 is 0 Å². The average Bonchev–Trinajstić information content (AvgIpc) is 3.63. The van der Waals surface area contributed by atoms with E-state index in [0.29, 0.717) is 36.8 Å². The summed E-state index contributed by atoms with van der Waals surface area (Å²) >= 11 is 22.3. The number of hydrogen-bond donors (Lipinski definition) is 0. The molecule has 0 radical (unpaired) electrons. The largest absolute Gasteiger partial charge is 0.333 e. The molecule has 0 saturated heterocycles. The fourth-order valence-corrected chi connectivity index (χ4v) is 9.18. The number of carbonyl (C=O) groups is 2. The molecule has 0 unspecified atom stereocenters. The summed E-state index contributed by atoms with van der Waals surface area (Å²) in [6, 6.07) is 20.9. The zero-order chi connectivity index (χ0) is 32.8. The minimum absolute atomic E-state index is 0.0539. The van der Waals surface area contributed by atoms with Gasteiger partial charge in [0.1, 0.15) is 0 Å². The molecule has 2 atom stereocenters. The van der Waals surface area contributed by atoms with Gasteiger partial charge in [0, 0.05) is 45.3 Å². The lowest BCUT2D eigenvalue weighted by Crippen LogP contribution is -2.37. The van der Waals surface area contributed by atoms with Crippen LogP contribution >= 0.6 is 77.7 Å². The number of amides is 2. The number of nitrogens with zero attached hydrogens (tertiary/aromatic N) is 2. The van der Waals surface area contributed by atoms with Crippen LogP contribution in [0.5, 0.6) is 0 Å². The Balaban J connectivity index is 0.000000181. The lowest BCUT2D eigenvalue weighted by Gasteiger charge is -2.33. The molecule has 6 rings (SSSR count). The molecule has 0 spiro atoms. The van der Waals surface area contributed by atoms with Gasteiger partial charge in [-0.15, -0.1) is 22.7 Å². The average molecular weight is 822 g/mol. The Labute approximate surface area is 306 Å². The summed E-state index contributed by atoms with van der Waals surface area (Å²) in [6.45, 7) is 6.90. The summed E-state index contributed by atoms with van der Waals surface area (Å²) in [4.78, 5) is 31.0. The molecule has 2 aliphatic rings. The first kappa shape index (κ1) is 35.1. The third-order valence-electron chi connectivity index (χ3n) is 8.30. The lowest BCUT2D eigenvalue weighted by molar-refractivity contribution is -0.127. The van der Waals surface area contributed by atoms with Crippen LogP contribution in [0, 0.1) is 13.8 Å². The molecule has 0 saturated carbocycles. The zero-order valence-corrected chi connectivity index (χ0v) is 31.8. The molecule has 10 heteroatoms. The predicted octanol–water partition coefficient (Wildman–Crippen LogP) is 10.3. The third-order valence-corrected chi connectivity index (χ3v) is 11.6. The van der Waals surface area contributed by atoms with Crippen molar-refractivity contribution in [1.29, 1.82) is 0 Å². The molecule has 4 aromatic rings. The third kappa shape index (κ3) is 8.26. The highest BCUT2D eigenvalue weighted by Gasteiger charge is 2.32. The van der Waals surface area contributed by atoms with E-state index in [2.05, 4.69) is 94.2 Å². The van der Waals surface area contributed by atoms with E-state index in [0.717, 1.165) is 8.67 Å². The highest BCUT2D eigenvalue weighted by atomic mass is 79.9. The van der Waals surface area contributed by atoms with Crippen molar-refractivity contribution in [2.75, 3.05) is 23.7 Å².